The van der Waals surface area contributed by atoms with Crippen molar-refractivity contribution in [2.24, 2.45) is 5.92 Å². The van der Waals surface area contributed by atoms with Gasteiger partial charge in [0.15, 0.2) is 0 Å². The molecule has 18 heavy (non-hydrogen) atoms. The molecule has 0 bridgehead atoms. The smallest absolute Gasteiger partial charge is 0.325 e. The van der Waals surface area contributed by atoms with E-state index in [-0.39, 0.29) is 5.75 Å². The lowest BCUT2D eigenvalue weighted by Crippen LogP contribution is -2.39. The van der Waals surface area contributed by atoms with E-state index in [9.17, 15) is 15.0 Å². The van der Waals surface area contributed by atoms with Crippen LogP contribution in [0.3, 0.4) is 0 Å². The van der Waals surface area contributed by atoms with Gasteiger partial charge in [0.1, 0.15) is 11.8 Å². The van der Waals surface area contributed by atoms with E-state index in [0.717, 1.165) is 31.5 Å². The second-order valence-electron chi connectivity index (χ2n) is 5.05. The SMILES string of the molecule is CC1CCN(C(C(=O)O)c2ccc(O)cc2)CC1. The van der Waals surface area contributed by atoms with Crippen LogP contribution in [-0.4, -0.2) is 34.2 Å². The number of aliphatic carboxylic acids is 1. The molecule has 0 spiro atoms. The van der Waals surface area contributed by atoms with Crippen molar-refractivity contribution >= 4 is 5.97 Å². The zero-order chi connectivity index (χ0) is 13.1. The summed E-state index contributed by atoms with van der Waals surface area (Å²) in [6.45, 7) is 3.84. The number of phenolic OH excluding ortho intramolecular Hbond substituents is 1. The number of piperidine rings is 1. The van der Waals surface area contributed by atoms with Crippen molar-refractivity contribution < 1.29 is 15.0 Å². The van der Waals surface area contributed by atoms with Crippen LogP contribution in [0.2, 0.25) is 0 Å². The second kappa shape index (κ2) is 5.40. The molecule has 1 fully saturated rings. The molecule has 0 aliphatic carbocycles. The van der Waals surface area contributed by atoms with Gasteiger partial charge in [-0.2, -0.15) is 0 Å². The Balaban J connectivity index is 2.18. The van der Waals surface area contributed by atoms with E-state index in [1.54, 1.807) is 12.1 Å². The predicted molar refractivity (Wildman–Crippen MR) is 68.5 cm³/mol. The highest BCUT2D eigenvalue weighted by atomic mass is 16.4. The van der Waals surface area contributed by atoms with E-state index in [0.29, 0.717) is 5.92 Å². The van der Waals surface area contributed by atoms with Gasteiger partial charge in [-0.1, -0.05) is 19.1 Å². The molecule has 1 aromatic carbocycles. The standard InChI is InChI=1S/C14H19NO3/c1-10-6-8-15(9-7-10)13(14(17)18)11-2-4-12(16)5-3-11/h2-5,10,13,16H,6-9H2,1H3,(H,17,18). The lowest BCUT2D eigenvalue weighted by Gasteiger charge is -2.34. The largest absolute Gasteiger partial charge is 0.508 e. The number of likely N-dealkylation sites (tertiary alicyclic amines) is 1. The highest BCUT2D eigenvalue weighted by Crippen LogP contribution is 2.27. The van der Waals surface area contributed by atoms with Crippen LogP contribution in [0.25, 0.3) is 0 Å². The second-order valence-corrected chi connectivity index (χ2v) is 5.05. The number of hydrogen-bond donors (Lipinski definition) is 2. The van der Waals surface area contributed by atoms with Crippen LogP contribution in [-0.2, 0) is 4.79 Å². The summed E-state index contributed by atoms with van der Waals surface area (Å²) < 4.78 is 0. The molecule has 1 aliphatic heterocycles. The molecule has 0 amide bonds. The first kappa shape index (κ1) is 12.9. The van der Waals surface area contributed by atoms with Gasteiger partial charge in [-0.05, 0) is 49.5 Å². The fraction of sp³-hybridized carbons (Fsp3) is 0.500. The lowest BCUT2D eigenvalue weighted by molar-refractivity contribution is -0.144. The fourth-order valence-electron chi connectivity index (χ4n) is 2.45. The van der Waals surface area contributed by atoms with Crippen LogP contribution in [0.15, 0.2) is 24.3 Å². The monoisotopic (exact) mass is 249 g/mol. The first-order valence-electron chi connectivity index (χ1n) is 6.33. The van der Waals surface area contributed by atoms with E-state index >= 15 is 0 Å². The summed E-state index contributed by atoms with van der Waals surface area (Å²) in [5, 5.41) is 18.7. The van der Waals surface area contributed by atoms with E-state index in [1.165, 1.54) is 12.1 Å². The molecule has 0 aromatic heterocycles. The number of aromatic hydroxyl groups is 1. The van der Waals surface area contributed by atoms with Crippen LogP contribution in [0.5, 0.6) is 5.75 Å². The molecule has 1 aliphatic rings. The van der Waals surface area contributed by atoms with Crippen LogP contribution in [0.4, 0.5) is 0 Å². The molecular formula is C14H19NO3. The molecule has 2 rings (SSSR count). The number of rotatable bonds is 3. The number of phenols is 1. The van der Waals surface area contributed by atoms with Crippen molar-refractivity contribution in [1.29, 1.82) is 0 Å². The third kappa shape index (κ3) is 2.82. The maximum absolute atomic E-state index is 11.5. The quantitative estimate of drug-likeness (QED) is 0.862. The van der Waals surface area contributed by atoms with Gasteiger partial charge in [-0.3, -0.25) is 9.69 Å². The van der Waals surface area contributed by atoms with Crippen LogP contribution in [0.1, 0.15) is 31.4 Å². The predicted octanol–water partition coefficient (Wildman–Crippen LogP) is 2.25. The number of carboxylic acids is 1. The average molecular weight is 249 g/mol. The first-order chi connectivity index (χ1) is 8.58. The molecular weight excluding hydrogens is 230 g/mol. The minimum absolute atomic E-state index is 0.162. The van der Waals surface area contributed by atoms with E-state index in [4.69, 9.17) is 0 Å². The van der Waals surface area contributed by atoms with Gasteiger partial charge in [-0.25, -0.2) is 0 Å². The van der Waals surface area contributed by atoms with Gasteiger partial charge in [-0.15, -0.1) is 0 Å². The highest BCUT2D eigenvalue weighted by Gasteiger charge is 2.29. The Bertz CT molecular complexity index is 408. The summed E-state index contributed by atoms with van der Waals surface area (Å²) in [5.41, 5.74) is 0.731. The van der Waals surface area contributed by atoms with E-state index in [1.807, 2.05) is 4.90 Å². The Morgan fingerprint density at radius 1 is 1.28 bits per heavy atom. The van der Waals surface area contributed by atoms with E-state index < -0.39 is 12.0 Å². The lowest BCUT2D eigenvalue weighted by atomic mass is 9.96. The third-order valence-electron chi connectivity index (χ3n) is 3.63. The summed E-state index contributed by atoms with van der Waals surface area (Å²) in [7, 11) is 0. The van der Waals surface area contributed by atoms with Gasteiger partial charge < -0.3 is 10.2 Å². The number of carbonyl (C=O) groups is 1. The topological polar surface area (TPSA) is 60.8 Å². The zero-order valence-electron chi connectivity index (χ0n) is 10.5. The summed E-state index contributed by atoms with van der Waals surface area (Å²) >= 11 is 0. The van der Waals surface area contributed by atoms with Crippen LogP contribution >= 0.6 is 0 Å². The van der Waals surface area contributed by atoms with E-state index in [2.05, 4.69) is 6.92 Å². The van der Waals surface area contributed by atoms with Crippen molar-refractivity contribution in [2.75, 3.05) is 13.1 Å². The highest BCUT2D eigenvalue weighted by molar-refractivity contribution is 5.75. The van der Waals surface area contributed by atoms with Crippen molar-refractivity contribution in [1.82, 2.24) is 4.90 Å². The zero-order valence-corrected chi connectivity index (χ0v) is 10.5. The minimum Gasteiger partial charge on any atom is -0.508 e. The molecule has 98 valence electrons. The Hall–Kier alpha value is -1.55. The normalized spacial score (nSPS) is 19.6. The maximum Gasteiger partial charge on any atom is 0.325 e. The third-order valence-corrected chi connectivity index (χ3v) is 3.63. The first-order valence-corrected chi connectivity index (χ1v) is 6.33. The molecule has 4 heteroatoms. The number of benzene rings is 1. The molecule has 1 unspecified atom stereocenters. The van der Waals surface area contributed by atoms with Crippen molar-refractivity contribution in [3.05, 3.63) is 29.8 Å². The van der Waals surface area contributed by atoms with Crippen LogP contribution in [0, 0.1) is 5.92 Å². The Morgan fingerprint density at radius 3 is 2.33 bits per heavy atom. The molecule has 0 saturated carbocycles. The average Bonchev–Trinajstić information content (AvgIpc) is 2.34. The Kier molecular flexibility index (Phi) is 3.87. The molecule has 2 N–H and O–H groups in total. The van der Waals surface area contributed by atoms with Gasteiger partial charge >= 0.3 is 5.97 Å². The summed E-state index contributed by atoms with van der Waals surface area (Å²) in [4.78, 5) is 13.5. The van der Waals surface area contributed by atoms with Gasteiger partial charge in [0.05, 0.1) is 0 Å². The molecule has 1 aromatic rings. The number of hydrogen-bond acceptors (Lipinski definition) is 3. The van der Waals surface area contributed by atoms with Crippen molar-refractivity contribution in [3.8, 4) is 5.75 Å². The maximum atomic E-state index is 11.5. The molecule has 1 heterocycles. The molecule has 0 radical (unpaired) electrons. The molecule has 1 atom stereocenters. The Morgan fingerprint density at radius 2 is 1.83 bits per heavy atom. The van der Waals surface area contributed by atoms with Crippen LogP contribution < -0.4 is 0 Å². The molecule has 1 saturated heterocycles. The minimum atomic E-state index is -0.824. The Labute approximate surface area is 107 Å². The number of nitrogens with zero attached hydrogens (tertiary/aromatic N) is 1. The summed E-state index contributed by atoms with van der Waals surface area (Å²) in [6, 6.07) is 5.85. The van der Waals surface area contributed by atoms with Crippen molar-refractivity contribution in [3.63, 3.8) is 0 Å². The fourth-order valence-corrected chi connectivity index (χ4v) is 2.45. The van der Waals surface area contributed by atoms with Gasteiger partial charge in [0.2, 0.25) is 0 Å². The number of carboxylic acid groups (broad SMARTS) is 1. The summed E-state index contributed by atoms with van der Waals surface area (Å²) in [5.74, 6) is 0.0147. The van der Waals surface area contributed by atoms with Crippen molar-refractivity contribution in [2.45, 2.75) is 25.8 Å². The van der Waals surface area contributed by atoms with Gasteiger partial charge in [0.25, 0.3) is 0 Å². The van der Waals surface area contributed by atoms with Gasteiger partial charge in [0, 0.05) is 0 Å². The summed E-state index contributed by atoms with van der Waals surface area (Å²) in [6.07, 6.45) is 2.09. The molecule has 4 nitrogen and oxygen atoms in total.